The maximum absolute atomic E-state index is 12.7. The highest BCUT2D eigenvalue weighted by Gasteiger charge is 2.25. The van der Waals surface area contributed by atoms with Crippen LogP contribution in [0.4, 0.5) is 5.69 Å². The molecule has 1 aliphatic heterocycles. The Bertz CT molecular complexity index is 888. The van der Waals surface area contributed by atoms with Crippen molar-refractivity contribution in [2.45, 2.75) is 30.8 Å². The van der Waals surface area contributed by atoms with Crippen LogP contribution in [0, 0.1) is 0 Å². The van der Waals surface area contributed by atoms with Crippen LogP contribution in [0.3, 0.4) is 0 Å². The van der Waals surface area contributed by atoms with Crippen LogP contribution in [-0.4, -0.2) is 38.8 Å². The fraction of sp³-hybridized carbons (Fsp3) is 0.350. The number of methoxy groups -OCH3 is 1. The maximum atomic E-state index is 12.7. The molecule has 3 rings (SSSR count). The molecule has 0 bridgehead atoms. The van der Waals surface area contributed by atoms with Gasteiger partial charge in [0.1, 0.15) is 0 Å². The standard InChI is InChI=1S/C20H24N2O4S/c1-26-15-16-6-5-7-17(14-16)20(23)21-18-8-10-19(11-9-18)27(24,25)22-12-3-2-4-13-22/h5-11,14H,2-4,12-13,15H2,1H3,(H,21,23). The van der Waals surface area contributed by atoms with Gasteiger partial charge in [-0.3, -0.25) is 4.79 Å². The summed E-state index contributed by atoms with van der Waals surface area (Å²) >= 11 is 0. The van der Waals surface area contributed by atoms with Crippen LogP contribution in [0.5, 0.6) is 0 Å². The van der Waals surface area contributed by atoms with Crippen molar-refractivity contribution < 1.29 is 17.9 Å². The summed E-state index contributed by atoms with van der Waals surface area (Å²) < 4.78 is 32.0. The number of nitrogens with zero attached hydrogens (tertiary/aromatic N) is 1. The Hall–Kier alpha value is -2.22. The molecule has 0 saturated carbocycles. The van der Waals surface area contributed by atoms with Crippen molar-refractivity contribution in [3.63, 3.8) is 0 Å². The van der Waals surface area contributed by atoms with Gasteiger partial charge in [0.05, 0.1) is 11.5 Å². The van der Waals surface area contributed by atoms with E-state index in [1.165, 1.54) is 4.31 Å². The molecule has 0 radical (unpaired) electrons. The molecule has 1 fully saturated rings. The fourth-order valence-corrected chi connectivity index (χ4v) is 4.65. The predicted octanol–water partition coefficient (Wildman–Crippen LogP) is 3.26. The van der Waals surface area contributed by atoms with E-state index in [1.54, 1.807) is 49.6 Å². The second-order valence-corrected chi connectivity index (χ2v) is 8.51. The third-order valence-electron chi connectivity index (χ3n) is 4.57. The molecule has 1 aliphatic rings. The van der Waals surface area contributed by atoms with Crippen LogP contribution in [0.1, 0.15) is 35.2 Å². The van der Waals surface area contributed by atoms with E-state index < -0.39 is 10.0 Å². The van der Waals surface area contributed by atoms with E-state index in [0.717, 1.165) is 24.8 Å². The topological polar surface area (TPSA) is 75.7 Å². The van der Waals surface area contributed by atoms with Crippen LogP contribution in [0.2, 0.25) is 0 Å². The van der Waals surface area contributed by atoms with E-state index >= 15 is 0 Å². The summed E-state index contributed by atoms with van der Waals surface area (Å²) in [6.45, 7) is 1.57. The number of nitrogens with one attached hydrogen (secondary N) is 1. The molecule has 6 nitrogen and oxygen atoms in total. The van der Waals surface area contributed by atoms with Gasteiger partial charge in [-0.15, -0.1) is 0 Å². The Balaban J connectivity index is 1.70. The summed E-state index contributed by atoms with van der Waals surface area (Å²) in [6, 6.07) is 13.5. The van der Waals surface area contributed by atoms with Gasteiger partial charge >= 0.3 is 0 Å². The molecule has 0 unspecified atom stereocenters. The average Bonchev–Trinajstić information content (AvgIpc) is 2.69. The Labute approximate surface area is 160 Å². The summed E-state index contributed by atoms with van der Waals surface area (Å²) in [4.78, 5) is 12.7. The van der Waals surface area contributed by atoms with Gasteiger partial charge in [-0.1, -0.05) is 18.6 Å². The maximum Gasteiger partial charge on any atom is 0.255 e. The van der Waals surface area contributed by atoms with Gasteiger partial charge in [0, 0.05) is 31.5 Å². The van der Waals surface area contributed by atoms with Crippen LogP contribution >= 0.6 is 0 Å². The minimum atomic E-state index is -3.46. The van der Waals surface area contributed by atoms with Crippen molar-refractivity contribution in [1.29, 1.82) is 0 Å². The smallest absolute Gasteiger partial charge is 0.255 e. The Kier molecular flexibility index (Phi) is 6.26. The van der Waals surface area contributed by atoms with Gasteiger partial charge in [-0.05, 0) is 54.8 Å². The summed E-state index contributed by atoms with van der Waals surface area (Å²) in [5.74, 6) is -0.250. The second-order valence-electron chi connectivity index (χ2n) is 6.58. The number of hydrogen-bond acceptors (Lipinski definition) is 4. The number of piperidine rings is 1. The first kappa shape index (κ1) is 19.5. The van der Waals surface area contributed by atoms with Gasteiger partial charge in [0.2, 0.25) is 10.0 Å². The molecular formula is C20H24N2O4S. The lowest BCUT2D eigenvalue weighted by molar-refractivity contribution is 0.102. The number of rotatable bonds is 6. The number of anilines is 1. The lowest BCUT2D eigenvalue weighted by Gasteiger charge is -2.25. The third kappa shape index (κ3) is 4.74. The van der Waals surface area contributed by atoms with E-state index in [0.29, 0.717) is 30.9 Å². The van der Waals surface area contributed by atoms with E-state index in [4.69, 9.17) is 4.74 Å². The SMILES string of the molecule is COCc1cccc(C(=O)Nc2ccc(S(=O)(=O)N3CCCCC3)cc2)c1. The Morgan fingerprint density at radius 1 is 1.07 bits per heavy atom. The molecule has 27 heavy (non-hydrogen) atoms. The lowest BCUT2D eigenvalue weighted by Crippen LogP contribution is -2.35. The number of carbonyl (C=O) groups is 1. The van der Waals surface area contributed by atoms with E-state index in [1.807, 2.05) is 6.07 Å². The molecule has 0 atom stereocenters. The normalized spacial score (nSPS) is 15.4. The minimum Gasteiger partial charge on any atom is -0.380 e. The molecule has 7 heteroatoms. The van der Waals surface area contributed by atoms with Crippen LogP contribution < -0.4 is 5.32 Å². The number of carbonyl (C=O) groups excluding carboxylic acids is 1. The van der Waals surface area contributed by atoms with Crippen LogP contribution in [0.15, 0.2) is 53.4 Å². The number of ether oxygens (including phenoxy) is 1. The average molecular weight is 388 g/mol. The van der Waals surface area contributed by atoms with E-state index in [9.17, 15) is 13.2 Å². The first-order valence-corrected chi connectivity index (χ1v) is 10.4. The third-order valence-corrected chi connectivity index (χ3v) is 6.48. The number of sulfonamides is 1. The number of benzene rings is 2. The van der Waals surface area contributed by atoms with Crippen LogP contribution in [0.25, 0.3) is 0 Å². The van der Waals surface area contributed by atoms with Gasteiger partial charge in [0.25, 0.3) is 5.91 Å². The van der Waals surface area contributed by atoms with Crippen LogP contribution in [-0.2, 0) is 21.4 Å². The molecule has 144 valence electrons. The molecule has 2 aromatic carbocycles. The highest BCUT2D eigenvalue weighted by molar-refractivity contribution is 7.89. The largest absolute Gasteiger partial charge is 0.380 e. The van der Waals surface area contributed by atoms with Crippen molar-refractivity contribution in [3.8, 4) is 0 Å². The molecule has 1 amide bonds. The fourth-order valence-electron chi connectivity index (χ4n) is 3.14. The lowest BCUT2D eigenvalue weighted by atomic mass is 10.1. The molecule has 0 aliphatic carbocycles. The quantitative estimate of drug-likeness (QED) is 0.824. The van der Waals surface area contributed by atoms with E-state index in [2.05, 4.69) is 5.32 Å². The molecule has 0 aromatic heterocycles. The first-order chi connectivity index (χ1) is 13.0. The summed E-state index contributed by atoms with van der Waals surface area (Å²) in [5.41, 5.74) is 1.98. The minimum absolute atomic E-state index is 0.250. The zero-order valence-corrected chi connectivity index (χ0v) is 16.2. The summed E-state index contributed by atoms with van der Waals surface area (Å²) in [7, 11) is -1.86. The van der Waals surface area contributed by atoms with Crippen molar-refractivity contribution in [1.82, 2.24) is 4.31 Å². The van der Waals surface area contributed by atoms with Gasteiger partial charge < -0.3 is 10.1 Å². The summed E-state index contributed by atoms with van der Waals surface area (Å²) in [5, 5.41) is 2.80. The van der Waals surface area contributed by atoms with Gasteiger partial charge in [-0.25, -0.2) is 8.42 Å². The second kappa shape index (κ2) is 8.65. The van der Waals surface area contributed by atoms with E-state index in [-0.39, 0.29) is 10.8 Å². The van der Waals surface area contributed by atoms with Gasteiger partial charge in [-0.2, -0.15) is 4.31 Å². The highest BCUT2D eigenvalue weighted by Crippen LogP contribution is 2.22. The Morgan fingerprint density at radius 2 is 1.78 bits per heavy atom. The zero-order chi connectivity index (χ0) is 19.3. The first-order valence-electron chi connectivity index (χ1n) is 9.00. The van der Waals surface area contributed by atoms with Gasteiger partial charge in [0.15, 0.2) is 0 Å². The Morgan fingerprint density at radius 3 is 2.44 bits per heavy atom. The molecule has 1 heterocycles. The molecular weight excluding hydrogens is 364 g/mol. The monoisotopic (exact) mass is 388 g/mol. The predicted molar refractivity (Wildman–Crippen MR) is 104 cm³/mol. The van der Waals surface area contributed by atoms with Crippen molar-refractivity contribution >= 4 is 21.6 Å². The molecule has 1 N–H and O–H groups in total. The van der Waals surface area contributed by atoms with Crippen molar-refractivity contribution in [2.24, 2.45) is 0 Å². The molecule has 0 spiro atoms. The number of hydrogen-bond donors (Lipinski definition) is 1. The molecule has 1 saturated heterocycles. The zero-order valence-electron chi connectivity index (χ0n) is 15.3. The summed E-state index contributed by atoms with van der Waals surface area (Å²) in [6.07, 6.45) is 2.87. The number of amides is 1. The highest BCUT2D eigenvalue weighted by atomic mass is 32.2. The van der Waals surface area contributed by atoms with Crippen molar-refractivity contribution in [2.75, 3.05) is 25.5 Å². The molecule has 2 aromatic rings. The van der Waals surface area contributed by atoms with Crippen molar-refractivity contribution in [3.05, 3.63) is 59.7 Å².